The van der Waals surface area contributed by atoms with E-state index in [9.17, 15) is 4.39 Å². The minimum Gasteiger partial charge on any atom is -0.356 e. The van der Waals surface area contributed by atoms with Gasteiger partial charge in [0.1, 0.15) is 5.82 Å². The minimum absolute atomic E-state index is 0.320. The van der Waals surface area contributed by atoms with Crippen molar-refractivity contribution < 1.29 is 8.91 Å². The van der Waals surface area contributed by atoms with Gasteiger partial charge in [0.15, 0.2) is 5.76 Å². The molecule has 0 bridgehead atoms. The van der Waals surface area contributed by atoms with Gasteiger partial charge in [-0.1, -0.05) is 28.0 Å². The van der Waals surface area contributed by atoms with E-state index in [2.05, 4.69) is 26.4 Å². The predicted molar refractivity (Wildman–Crippen MR) is 67.0 cm³/mol. The number of halogens is 2. The summed E-state index contributed by atoms with van der Waals surface area (Å²) in [5.74, 6) is 0.121. The third kappa shape index (κ3) is 2.92. The lowest BCUT2D eigenvalue weighted by Crippen LogP contribution is -2.11. The minimum atomic E-state index is -0.320. The molecule has 0 unspecified atom stereocenters. The molecular weight excluding hydrogens is 287 g/mol. The summed E-state index contributed by atoms with van der Waals surface area (Å²) in [6.45, 7) is 3.48. The summed E-state index contributed by atoms with van der Waals surface area (Å²) in [5.41, 5.74) is 1.18. The van der Waals surface area contributed by atoms with Gasteiger partial charge in [0, 0.05) is 17.1 Å². The number of hydrogen-bond acceptors (Lipinski definition) is 3. The van der Waals surface area contributed by atoms with Gasteiger partial charge in [0.25, 0.3) is 0 Å². The topological polar surface area (TPSA) is 38.1 Å². The lowest BCUT2D eigenvalue weighted by Gasteiger charge is -1.98. The molecule has 0 fully saturated rings. The average molecular weight is 299 g/mol. The largest absolute Gasteiger partial charge is 0.356 e. The highest BCUT2D eigenvalue weighted by molar-refractivity contribution is 9.10. The van der Waals surface area contributed by atoms with Crippen LogP contribution in [-0.4, -0.2) is 11.7 Å². The van der Waals surface area contributed by atoms with Gasteiger partial charge in [-0.25, -0.2) is 4.39 Å². The van der Waals surface area contributed by atoms with Crippen LogP contribution in [0.15, 0.2) is 33.3 Å². The molecule has 2 aromatic rings. The molecule has 0 saturated carbocycles. The van der Waals surface area contributed by atoms with Crippen molar-refractivity contribution in [2.24, 2.45) is 0 Å². The standard InChI is InChI=1S/C12H12BrFN2O/c1-2-15-7-9-6-12(17-16-9)10-5-8(13)3-4-11(10)14/h3-6,15H,2,7H2,1H3. The first-order chi connectivity index (χ1) is 8.20. The zero-order valence-electron chi connectivity index (χ0n) is 9.34. The first-order valence-electron chi connectivity index (χ1n) is 5.32. The van der Waals surface area contributed by atoms with Crippen molar-refractivity contribution in [1.29, 1.82) is 0 Å². The second-order valence-electron chi connectivity index (χ2n) is 3.59. The molecule has 3 nitrogen and oxygen atoms in total. The van der Waals surface area contributed by atoms with Gasteiger partial charge >= 0.3 is 0 Å². The molecule has 0 aliphatic heterocycles. The van der Waals surface area contributed by atoms with E-state index in [4.69, 9.17) is 4.52 Å². The Morgan fingerprint density at radius 1 is 1.41 bits per heavy atom. The van der Waals surface area contributed by atoms with E-state index in [-0.39, 0.29) is 5.82 Å². The van der Waals surface area contributed by atoms with Crippen molar-refractivity contribution in [2.75, 3.05) is 6.54 Å². The van der Waals surface area contributed by atoms with Crippen LogP contribution >= 0.6 is 15.9 Å². The van der Waals surface area contributed by atoms with Crippen molar-refractivity contribution in [3.63, 3.8) is 0 Å². The normalized spacial score (nSPS) is 10.8. The summed E-state index contributed by atoms with van der Waals surface area (Å²) < 4.78 is 19.5. The molecule has 0 aliphatic carbocycles. The van der Waals surface area contributed by atoms with Gasteiger partial charge in [0.05, 0.1) is 11.3 Å². The Morgan fingerprint density at radius 2 is 2.24 bits per heavy atom. The maximum Gasteiger partial charge on any atom is 0.170 e. The molecule has 0 aliphatic rings. The third-order valence-corrected chi connectivity index (χ3v) is 2.80. The Balaban J connectivity index is 2.27. The lowest BCUT2D eigenvalue weighted by molar-refractivity contribution is 0.418. The van der Waals surface area contributed by atoms with Crippen LogP contribution in [0, 0.1) is 5.82 Å². The molecule has 0 spiro atoms. The smallest absolute Gasteiger partial charge is 0.170 e. The summed E-state index contributed by atoms with van der Waals surface area (Å²) in [5, 5.41) is 7.01. The van der Waals surface area contributed by atoms with Crippen LogP contribution in [-0.2, 0) is 6.54 Å². The van der Waals surface area contributed by atoms with E-state index >= 15 is 0 Å². The number of nitrogens with zero attached hydrogens (tertiary/aromatic N) is 1. The molecule has 1 aromatic carbocycles. The molecule has 0 saturated heterocycles. The SMILES string of the molecule is CCNCc1cc(-c2cc(Br)ccc2F)on1. The van der Waals surface area contributed by atoms with Crippen LogP contribution in [0.4, 0.5) is 4.39 Å². The van der Waals surface area contributed by atoms with Gasteiger partial charge in [-0.15, -0.1) is 0 Å². The molecule has 0 amide bonds. The number of aromatic nitrogens is 1. The number of hydrogen-bond donors (Lipinski definition) is 1. The molecule has 1 N–H and O–H groups in total. The first kappa shape index (κ1) is 12.3. The first-order valence-corrected chi connectivity index (χ1v) is 6.11. The Hall–Kier alpha value is -1.20. The van der Waals surface area contributed by atoms with Crippen LogP contribution in [0.5, 0.6) is 0 Å². The van der Waals surface area contributed by atoms with Gasteiger partial charge in [-0.2, -0.15) is 0 Å². The molecule has 0 radical (unpaired) electrons. The molecule has 90 valence electrons. The van der Waals surface area contributed by atoms with E-state index in [0.29, 0.717) is 17.9 Å². The van der Waals surface area contributed by atoms with E-state index < -0.39 is 0 Å². The Morgan fingerprint density at radius 3 is 3.00 bits per heavy atom. The summed E-state index contributed by atoms with van der Waals surface area (Å²) in [7, 11) is 0. The zero-order chi connectivity index (χ0) is 12.3. The molecule has 1 aromatic heterocycles. The fourth-order valence-corrected chi connectivity index (χ4v) is 1.82. The molecule has 5 heteroatoms. The van der Waals surface area contributed by atoms with Crippen LogP contribution < -0.4 is 5.32 Å². The fraction of sp³-hybridized carbons (Fsp3) is 0.250. The van der Waals surface area contributed by atoms with Crippen molar-refractivity contribution in [2.45, 2.75) is 13.5 Å². The lowest BCUT2D eigenvalue weighted by atomic mass is 10.1. The van der Waals surface area contributed by atoms with Crippen molar-refractivity contribution in [3.8, 4) is 11.3 Å². The maximum absolute atomic E-state index is 13.6. The highest BCUT2D eigenvalue weighted by Gasteiger charge is 2.11. The Labute approximate surface area is 107 Å². The van der Waals surface area contributed by atoms with Crippen molar-refractivity contribution in [1.82, 2.24) is 10.5 Å². The summed E-state index contributed by atoms with van der Waals surface area (Å²) >= 11 is 3.30. The average Bonchev–Trinajstić information content (AvgIpc) is 2.78. The van der Waals surface area contributed by atoms with Crippen LogP contribution in [0.1, 0.15) is 12.6 Å². The Kier molecular flexibility index (Phi) is 3.91. The number of benzene rings is 1. The van der Waals surface area contributed by atoms with Crippen molar-refractivity contribution >= 4 is 15.9 Å². The van der Waals surface area contributed by atoms with Gasteiger partial charge in [0.2, 0.25) is 0 Å². The summed E-state index contributed by atoms with van der Waals surface area (Å²) in [6, 6.07) is 6.46. The van der Waals surface area contributed by atoms with Crippen LogP contribution in [0.25, 0.3) is 11.3 Å². The van der Waals surface area contributed by atoms with Gasteiger partial charge < -0.3 is 9.84 Å². The second kappa shape index (κ2) is 5.42. The summed E-state index contributed by atoms with van der Waals surface area (Å²) in [4.78, 5) is 0. The zero-order valence-corrected chi connectivity index (χ0v) is 10.9. The molecular formula is C12H12BrFN2O. The van der Waals surface area contributed by atoms with Gasteiger partial charge in [-0.3, -0.25) is 0 Å². The van der Waals surface area contributed by atoms with E-state index in [0.717, 1.165) is 16.7 Å². The predicted octanol–water partition coefficient (Wildman–Crippen LogP) is 3.35. The third-order valence-electron chi connectivity index (χ3n) is 2.31. The van der Waals surface area contributed by atoms with Crippen molar-refractivity contribution in [3.05, 3.63) is 40.2 Å². The van der Waals surface area contributed by atoms with E-state index in [1.54, 1.807) is 18.2 Å². The monoisotopic (exact) mass is 298 g/mol. The highest BCUT2D eigenvalue weighted by atomic mass is 79.9. The number of rotatable bonds is 4. The van der Waals surface area contributed by atoms with Crippen LogP contribution in [0.2, 0.25) is 0 Å². The fourth-order valence-electron chi connectivity index (χ4n) is 1.46. The highest BCUT2D eigenvalue weighted by Crippen LogP contribution is 2.26. The van der Waals surface area contributed by atoms with E-state index in [1.165, 1.54) is 6.07 Å². The molecule has 17 heavy (non-hydrogen) atoms. The number of nitrogens with one attached hydrogen (secondary N) is 1. The summed E-state index contributed by atoms with van der Waals surface area (Å²) in [6.07, 6.45) is 0. The molecule has 1 heterocycles. The quantitative estimate of drug-likeness (QED) is 0.941. The second-order valence-corrected chi connectivity index (χ2v) is 4.50. The molecule has 0 atom stereocenters. The Bertz CT molecular complexity index is 513. The molecule has 2 rings (SSSR count). The van der Waals surface area contributed by atoms with Gasteiger partial charge in [-0.05, 0) is 24.7 Å². The van der Waals surface area contributed by atoms with Crippen LogP contribution in [0.3, 0.4) is 0 Å². The van der Waals surface area contributed by atoms with E-state index in [1.807, 2.05) is 6.92 Å². The maximum atomic E-state index is 13.6.